The van der Waals surface area contributed by atoms with Gasteiger partial charge in [0.15, 0.2) is 17.3 Å². The molecule has 100 valence electrons. The van der Waals surface area contributed by atoms with Crippen molar-refractivity contribution in [2.24, 2.45) is 0 Å². The summed E-state index contributed by atoms with van der Waals surface area (Å²) in [7, 11) is 0. The lowest BCUT2D eigenvalue weighted by molar-refractivity contribution is 0.0952. The van der Waals surface area contributed by atoms with Crippen LogP contribution in [0, 0.1) is 0 Å². The van der Waals surface area contributed by atoms with E-state index >= 15 is 0 Å². The number of ether oxygens (including phenoxy) is 2. The van der Waals surface area contributed by atoms with Crippen molar-refractivity contribution >= 4 is 5.78 Å². The summed E-state index contributed by atoms with van der Waals surface area (Å²) in [4.78, 5) is 11.8. The number of carbonyl (C=O) groups is 1. The molecule has 0 heterocycles. The fourth-order valence-corrected chi connectivity index (χ4v) is 1.55. The summed E-state index contributed by atoms with van der Waals surface area (Å²) in [5.74, 6) is 0.250. The molecule has 0 aliphatic carbocycles. The van der Waals surface area contributed by atoms with Crippen LogP contribution < -0.4 is 9.47 Å². The van der Waals surface area contributed by atoms with E-state index in [0.29, 0.717) is 19.0 Å². The molecule has 1 rings (SSSR count). The van der Waals surface area contributed by atoms with Gasteiger partial charge in [0.25, 0.3) is 0 Å². The molecule has 0 spiro atoms. The lowest BCUT2D eigenvalue weighted by Gasteiger charge is -2.13. The predicted molar refractivity (Wildman–Crippen MR) is 66.5 cm³/mol. The van der Waals surface area contributed by atoms with Crippen LogP contribution in [0.25, 0.3) is 0 Å². The maximum absolute atomic E-state index is 11.8. The molecule has 0 atom stereocenters. The van der Waals surface area contributed by atoms with Gasteiger partial charge >= 0.3 is 0 Å². The second-order valence-corrected chi connectivity index (χ2v) is 3.58. The number of aliphatic hydroxyl groups is 1. The van der Waals surface area contributed by atoms with E-state index < -0.39 is 0 Å². The molecule has 0 unspecified atom stereocenters. The van der Waals surface area contributed by atoms with Crippen LogP contribution in [0.3, 0.4) is 0 Å². The average Bonchev–Trinajstić information content (AvgIpc) is 2.34. The minimum absolute atomic E-state index is 0.00645. The lowest BCUT2D eigenvalue weighted by Crippen LogP contribution is -2.06. The standard InChI is InChI=1S/C13H18O5/c1-3-17-12-8-13(18-4-2)11(16)7-9(12)10(15)5-6-14/h7-8,14,16H,3-6H2,1-2H3. The summed E-state index contributed by atoms with van der Waals surface area (Å²) in [6.07, 6.45) is -0.00645. The monoisotopic (exact) mass is 254 g/mol. The molecule has 0 fully saturated rings. The summed E-state index contributed by atoms with van der Waals surface area (Å²) in [5.41, 5.74) is 0.256. The molecule has 1 aromatic carbocycles. The summed E-state index contributed by atoms with van der Waals surface area (Å²) < 4.78 is 10.6. The number of rotatable bonds is 7. The van der Waals surface area contributed by atoms with Crippen LogP contribution in [0.5, 0.6) is 17.2 Å². The molecular formula is C13H18O5. The van der Waals surface area contributed by atoms with Crippen LogP contribution in [0.1, 0.15) is 30.6 Å². The highest BCUT2D eigenvalue weighted by Crippen LogP contribution is 2.34. The van der Waals surface area contributed by atoms with Crippen LogP contribution in [0.4, 0.5) is 0 Å². The van der Waals surface area contributed by atoms with Crippen molar-refractivity contribution in [3.05, 3.63) is 17.7 Å². The van der Waals surface area contributed by atoms with E-state index in [1.165, 1.54) is 12.1 Å². The summed E-state index contributed by atoms with van der Waals surface area (Å²) >= 11 is 0. The van der Waals surface area contributed by atoms with Crippen molar-refractivity contribution in [2.75, 3.05) is 19.8 Å². The van der Waals surface area contributed by atoms with Crippen molar-refractivity contribution in [1.82, 2.24) is 0 Å². The summed E-state index contributed by atoms with van der Waals surface area (Å²) in [5, 5.41) is 18.5. The smallest absolute Gasteiger partial charge is 0.169 e. The van der Waals surface area contributed by atoms with Crippen molar-refractivity contribution in [2.45, 2.75) is 20.3 Å². The van der Waals surface area contributed by atoms with Crippen molar-refractivity contribution in [3.63, 3.8) is 0 Å². The number of hydrogen-bond acceptors (Lipinski definition) is 5. The molecule has 2 N–H and O–H groups in total. The molecule has 0 aliphatic rings. The highest BCUT2D eigenvalue weighted by molar-refractivity contribution is 5.99. The highest BCUT2D eigenvalue weighted by atomic mass is 16.5. The number of phenolic OH excluding ortho intramolecular Hbond substituents is 1. The predicted octanol–water partition coefficient (Wildman–Crippen LogP) is 1.75. The molecule has 18 heavy (non-hydrogen) atoms. The quantitative estimate of drug-likeness (QED) is 0.725. The fraction of sp³-hybridized carbons (Fsp3) is 0.462. The molecule has 0 amide bonds. The average molecular weight is 254 g/mol. The summed E-state index contributed by atoms with van der Waals surface area (Å²) in [6.45, 7) is 4.16. The van der Waals surface area contributed by atoms with Gasteiger partial charge in [-0.15, -0.1) is 0 Å². The van der Waals surface area contributed by atoms with E-state index in [1.807, 2.05) is 0 Å². The van der Waals surface area contributed by atoms with Gasteiger partial charge in [0.2, 0.25) is 0 Å². The van der Waals surface area contributed by atoms with Gasteiger partial charge in [0, 0.05) is 12.5 Å². The van der Waals surface area contributed by atoms with Crippen molar-refractivity contribution < 1.29 is 24.5 Å². The first-order chi connectivity index (χ1) is 8.63. The summed E-state index contributed by atoms with van der Waals surface area (Å²) in [6, 6.07) is 2.81. The van der Waals surface area contributed by atoms with Gasteiger partial charge < -0.3 is 19.7 Å². The maximum atomic E-state index is 11.8. The number of phenols is 1. The maximum Gasteiger partial charge on any atom is 0.169 e. The Balaban J connectivity index is 3.15. The second-order valence-electron chi connectivity index (χ2n) is 3.58. The number of aromatic hydroxyl groups is 1. The third-order valence-electron chi connectivity index (χ3n) is 2.30. The fourth-order valence-electron chi connectivity index (χ4n) is 1.55. The van der Waals surface area contributed by atoms with E-state index in [1.54, 1.807) is 13.8 Å². The SMILES string of the molecule is CCOc1cc(OCC)c(C(=O)CCO)cc1O. The third kappa shape index (κ3) is 3.37. The van der Waals surface area contributed by atoms with Gasteiger partial charge in [0.05, 0.1) is 25.4 Å². The van der Waals surface area contributed by atoms with E-state index in [4.69, 9.17) is 14.6 Å². The minimum Gasteiger partial charge on any atom is -0.504 e. The van der Waals surface area contributed by atoms with Gasteiger partial charge in [-0.05, 0) is 19.9 Å². The van der Waals surface area contributed by atoms with Gasteiger partial charge in [-0.3, -0.25) is 4.79 Å². The van der Waals surface area contributed by atoms with Crippen LogP contribution in [-0.2, 0) is 0 Å². The Morgan fingerprint density at radius 2 is 1.78 bits per heavy atom. The molecule has 5 heteroatoms. The zero-order valence-electron chi connectivity index (χ0n) is 10.6. The normalized spacial score (nSPS) is 10.2. The Morgan fingerprint density at radius 3 is 2.33 bits per heavy atom. The third-order valence-corrected chi connectivity index (χ3v) is 2.30. The van der Waals surface area contributed by atoms with Crippen LogP contribution in [0.2, 0.25) is 0 Å². The molecule has 0 aromatic heterocycles. The van der Waals surface area contributed by atoms with E-state index in [9.17, 15) is 9.90 Å². The zero-order chi connectivity index (χ0) is 13.5. The molecule has 0 saturated heterocycles. The zero-order valence-corrected chi connectivity index (χ0v) is 10.6. The topological polar surface area (TPSA) is 76.0 Å². The lowest BCUT2D eigenvalue weighted by atomic mass is 10.1. The number of Topliss-reactive ketones (excluding diaryl/α,β-unsaturated/α-hetero) is 1. The van der Waals surface area contributed by atoms with Crippen molar-refractivity contribution in [3.8, 4) is 17.2 Å². The first kappa shape index (κ1) is 14.3. The Kier molecular flexibility index (Phi) is 5.45. The van der Waals surface area contributed by atoms with Gasteiger partial charge in [-0.2, -0.15) is 0 Å². The molecule has 0 saturated carbocycles. The Morgan fingerprint density at radius 1 is 1.17 bits per heavy atom. The Bertz CT molecular complexity index is 414. The number of benzene rings is 1. The van der Waals surface area contributed by atoms with Crippen LogP contribution in [0.15, 0.2) is 12.1 Å². The largest absolute Gasteiger partial charge is 0.504 e. The van der Waals surface area contributed by atoms with Gasteiger partial charge in [-0.25, -0.2) is 0 Å². The van der Waals surface area contributed by atoms with Crippen molar-refractivity contribution in [1.29, 1.82) is 0 Å². The molecular weight excluding hydrogens is 236 g/mol. The first-order valence-electron chi connectivity index (χ1n) is 5.90. The van der Waals surface area contributed by atoms with Gasteiger partial charge in [0.1, 0.15) is 5.75 Å². The number of ketones is 1. The van der Waals surface area contributed by atoms with E-state index in [2.05, 4.69) is 0 Å². The number of hydrogen-bond donors (Lipinski definition) is 2. The number of carbonyl (C=O) groups excluding carboxylic acids is 1. The van der Waals surface area contributed by atoms with E-state index in [-0.39, 0.29) is 35.9 Å². The van der Waals surface area contributed by atoms with E-state index in [0.717, 1.165) is 0 Å². The highest BCUT2D eigenvalue weighted by Gasteiger charge is 2.16. The van der Waals surface area contributed by atoms with Gasteiger partial charge in [-0.1, -0.05) is 0 Å². The molecule has 0 bridgehead atoms. The van der Waals surface area contributed by atoms with Crippen LogP contribution >= 0.6 is 0 Å². The molecule has 1 aromatic rings. The Hall–Kier alpha value is -1.75. The molecule has 0 aliphatic heterocycles. The first-order valence-corrected chi connectivity index (χ1v) is 5.90. The Labute approximate surface area is 106 Å². The molecule has 0 radical (unpaired) electrons. The number of aliphatic hydroxyl groups excluding tert-OH is 1. The van der Waals surface area contributed by atoms with Crippen LogP contribution in [-0.4, -0.2) is 35.8 Å². The molecule has 5 nitrogen and oxygen atoms in total. The minimum atomic E-state index is -0.278. The second kappa shape index (κ2) is 6.86.